The Balaban J connectivity index is 2.96. The number of nitrogens with zero attached hydrogens (tertiary/aromatic N) is 1. The van der Waals surface area contributed by atoms with E-state index < -0.39 is 17.5 Å². The molecule has 1 atom stereocenters. The van der Waals surface area contributed by atoms with E-state index in [1.165, 1.54) is 19.2 Å². The highest BCUT2D eigenvalue weighted by atomic mass is 19.2. The molecule has 1 amide bonds. The zero-order chi connectivity index (χ0) is 15.1. The lowest BCUT2D eigenvalue weighted by Gasteiger charge is -2.12. The van der Waals surface area contributed by atoms with Gasteiger partial charge in [-0.25, -0.2) is 8.78 Å². The van der Waals surface area contributed by atoms with Crippen molar-refractivity contribution in [1.29, 1.82) is 5.26 Å². The molecule has 1 N–H and O–H groups in total. The molecular weight excluding hydrogens is 266 g/mol. The number of benzene rings is 1. The first-order valence-corrected chi connectivity index (χ1v) is 5.85. The van der Waals surface area contributed by atoms with Gasteiger partial charge >= 0.3 is 0 Å². The first-order chi connectivity index (χ1) is 9.49. The molecule has 0 unspecified atom stereocenters. The second-order valence-electron chi connectivity index (χ2n) is 4.14. The lowest BCUT2D eigenvalue weighted by molar-refractivity contribution is -0.117. The lowest BCUT2D eigenvalue weighted by atomic mass is 10.1. The van der Waals surface area contributed by atoms with Crippen LogP contribution in [0.25, 0.3) is 6.08 Å². The van der Waals surface area contributed by atoms with Crippen LogP contribution in [0.4, 0.5) is 8.78 Å². The summed E-state index contributed by atoms with van der Waals surface area (Å²) in [5, 5.41) is 11.4. The van der Waals surface area contributed by atoms with Crippen LogP contribution in [-0.2, 0) is 9.53 Å². The maximum atomic E-state index is 13.5. The maximum Gasteiger partial charge on any atom is 0.262 e. The summed E-state index contributed by atoms with van der Waals surface area (Å²) in [7, 11) is 1.48. The molecule has 0 aliphatic heterocycles. The number of ether oxygens (including phenoxy) is 1. The maximum absolute atomic E-state index is 13.5. The Morgan fingerprint density at radius 3 is 2.85 bits per heavy atom. The van der Waals surface area contributed by atoms with Crippen molar-refractivity contribution < 1.29 is 18.3 Å². The molecule has 0 heterocycles. The van der Waals surface area contributed by atoms with E-state index in [-0.39, 0.29) is 23.8 Å². The predicted molar refractivity (Wildman–Crippen MR) is 69.4 cm³/mol. The summed E-state index contributed by atoms with van der Waals surface area (Å²) in [4.78, 5) is 11.8. The number of hydrogen-bond donors (Lipinski definition) is 1. The summed E-state index contributed by atoms with van der Waals surface area (Å²) in [6, 6.07) is 4.89. The lowest BCUT2D eigenvalue weighted by Crippen LogP contribution is -2.36. The van der Waals surface area contributed by atoms with E-state index >= 15 is 0 Å². The van der Waals surface area contributed by atoms with Gasteiger partial charge in [-0.3, -0.25) is 4.79 Å². The quantitative estimate of drug-likeness (QED) is 0.663. The number of nitriles is 1. The van der Waals surface area contributed by atoms with Crippen LogP contribution in [0, 0.1) is 23.0 Å². The highest BCUT2D eigenvalue weighted by Gasteiger charge is 2.14. The molecule has 0 fully saturated rings. The molecule has 0 saturated carbocycles. The van der Waals surface area contributed by atoms with Gasteiger partial charge in [-0.15, -0.1) is 0 Å². The summed E-state index contributed by atoms with van der Waals surface area (Å²) in [6.45, 7) is 1.97. The van der Waals surface area contributed by atoms with Crippen molar-refractivity contribution in [3.8, 4) is 6.07 Å². The Labute approximate surface area is 115 Å². The number of methoxy groups -OCH3 is 1. The zero-order valence-corrected chi connectivity index (χ0v) is 11.1. The summed E-state index contributed by atoms with van der Waals surface area (Å²) < 4.78 is 31.3. The molecular formula is C14H14F2N2O2. The number of halogens is 2. The van der Waals surface area contributed by atoms with Crippen LogP contribution in [0.2, 0.25) is 0 Å². The fraction of sp³-hybridized carbons (Fsp3) is 0.286. The van der Waals surface area contributed by atoms with Crippen LogP contribution in [0.15, 0.2) is 23.8 Å². The van der Waals surface area contributed by atoms with Gasteiger partial charge in [-0.2, -0.15) is 5.26 Å². The molecule has 1 rings (SSSR count). The highest BCUT2D eigenvalue weighted by Crippen LogP contribution is 2.15. The molecule has 0 bridgehead atoms. The average Bonchev–Trinajstić information content (AvgIpc) is 2.40. The first-order valence-electron chi connectivity index (χ1n) is 5.85. The minimum atomic E-state index is -1.10. The summed E-state index contributed by atoms with van der Waals surface area (Å²) in [5.41, 5.74) is -0.464. The monoisotopic (exact) mass is 280 g/mol. The number of nitrogens with one attached hydrogen (secondary N) is 1. The predicted octanol–water partition coefficient (Wildman–Crippen LogP) is 2.02. The average molecular weight is 280 g/mol. The second kappa shape index (κ2) is 7.36. The Morgan fingerprint density at radius 1 is 1.55 bits per heavy atom. The van der Waals surface area contributed by atoms with Gasteiger partial charge in [0.2, 0.25) is 0 Å². The van der Waals surface area contributed by atoms with Gasteiger partial charge in [-0.1, -0.05) is 12.1 Å². The first kappa shape index (κ1) is 15.8. The smallest absolute Gasteiger partial charge is 0.262 e. The highest BCUT2D eigenvalue weighted by molar-refractivity contribution is 6.01. The fourth-order valence-electron chi connectivity index (χ4n) is 1.53. The Kier molecular flexibility index (Phi) is 5.81. The molecule has 6 heteroatoms. The van der Waals surface area contributed by atoms with Crippen molar-refractivity contribution >= 4 is 12.0 Å². The van der Waals surface area contributed by atoms with Gasteiger partial charge < -0.3 is 10.1 Å². The standard InChI is InChI=1S/C14H14F2N2O2/c1-9(8-20-2)18-14(19)11(7-17)6-10-4-3-5-12(15)13(10)16/h3-6,9H,8H2,1-2H3,(H,18,19)/b11-6+/t9-/m0/s1. The minimum absolute atomic E-state index is 0.156. The molecule has 0 aliphatic carbocycles. The van der Waals surface area contributed by atoms with Gasteiger partial charge in [0.25, 0.3) is 5.91 Å². The second-order valence-corrected chi connectivity index (χ2v) is 4.14. The van der Waals surface area contributed by atoms with Crippen molar-refractivity contribution in [1.82, 2.24) is 5.32 Å². The molecule has 1 aromatic rings. The van der Waals surface area contributed by atoms with Crippen molar-refractivity contribution in [2.24, 2.45) is 0 Å². The van der Waals surface area contributed by atoms with Crippen LogP contribution in [0.3, 0.4) is 0 Å². The Hall–Kier alpha value is -2.26. The zero-order valence-electron chi connectivity index (χ0n) is 11.1. The molecule has 0 aromatic heterocycles. The van der Waals surface area contributed by atoms with Crippen LogP contribution in [0.1, 0.15) is 12.5 Å². The SMILES string of the molecule is COC[C@H](C)NC(=O)/C(C#N)=C/c1cccc(F)c1F. The number of hydrogen-bond acceptors (Lipinski definition) is 3. The summed E-state index contributed by atoms with van der Waals surface area (Å²) >= 11 is 0. The molecule has 20 heavy (non-hydrogen) atoms. The van der Waals surface area contributed by atoms with E-state index in [9.17, 15) is 13.6 Å². The normalized spacial score (nSPS) is 12.7. The molecule has 0 aliphatic rings. The Bertz CT molecular complexity index is 565. The summed E-state index contributed by atoms with van der Waals surface area (Å²) in [5.74, 6) is -2.80. The van der Waals surface area contributed by atoms with E-state index in [2.05, 4.69) is 5.32 Å². The molecule has 1 aromatic carbocycles. The van der Waals surface area contributed by atoms with Gasteiger partial charge in [0.15, 0.2) is 11.6 Å². The number of carbonyl (C=O) groups is 1. The van der Waals surface area contributed by atoms with E-state index in [4.69, 9.17) is 10.00 Å². The third-order valence-corrected chi connectivity index (χ3v) is 2.44. The number of carbonyl (C=O) groups excluding carboxylic acids is 1. The van der Waals surface area contributed by atoms with Crippen LogP contribution >= 0.6 is 0 Å². The summed E-state index contributed by atoms with van der Waals surface area (Å²) in [6.07, 6.45) is 1.01. The van der Waals surface area contributed by atoms with Crippen LogP contribution in [0.5, 0.6) is 0 Å². The number of rotatable bonds is 5. The topological polar surface area (TPSA) is 62.1 Å². The van der Waals surface area contributed by atoms with E-state index in [1.54, 1.807) is 13.0 Å². The fourth-order valence-corrected chi connectivity index (χ4v) is 1.53. The minimum Gasteiger partial charge on any atom is -0.383 e. The largest absolute Gasteiger partial charge is 0.383 e. The molecule has 106 valence electrons. The van der Waals surface area contributed by atoms with E-state index in [1.807, 2.05) is 0 Å². The van der Waals surface area contributed by atoms with Gasteiger partial charge in [0.1, 0.15) is 11.6 Å². The van der Waals surface area contributed by atoms with Crippen LogP contribution in [-0.4, -0.2) is 25.7 Å². The third-order valence-electron chi connectivity index (χ3n) is 2.44. The number of amides is 1. The van der Waals surface area contributed by atoms with E-state index in [0.29, 0.717) is 0 Å². The Morgan fingerprint density at radius 2 is 2.25 bits per heavy atom. The van der Waals surface area contributed by atoms with Crippen molar-refractivity contribution in [2.45, 2.75) is 13.0 Å². The van der Waals surface area contributed by atoms with Crippen molar-refractivity contribution in [2.75, 3.05) is 13.7 Å². The van der Waals surface area contributed by atoms with Crippen LogP contribution < -0.4 is 5.32 Å². The van der Waals surface area contributed by atoms with Gasteiger partial charge in [-0.05, 0) is 19.1 Å². The molecule has 0 spiro atoms. The van der Waals surface area contributed by atoms with Crippen molar-refractivity contribution in [3.05, 3.63) is 41.0 Å². The van der Waals surface area contributed by atoms with Gasteiger partial charge in [0.05, 0.1) is 6.61 Å². The van der Waals surface area contributed by atoms with E-state index in [0.717, 1.165) is 12.1 Å². The molecule has 0 radical (unpaired) electrons. The molecule has 4 nitrogen and oxygen atoms in total. The molecule has 0 saturated heterocycles. The van der Waals surface area contributed by atoms with Crippen molar-refractivity contribution in [3.63, 3.8) is 0 Å². The third kappa shape index (κ3) is 4.14. The van der Waals surface area contributed by atoms with Gasteiger partial charge in [0, 0.05) is 18.7 Å².